The first-order chi connectivity index (χ1) is 6.18. The number of phenolic OH excluding ortho intramolecular Hbond substituents is 1. The predicted octanol–water partition coefficient (Wildman–Crippen LogP) is 2.90. The summed E-state index contributed by atoms with van der Waals surface area (Å²) < 4.78 is 0. The van der Waals surface area contributed by atoms with E-state index in [1.54, 1.807) is 12.1 Å². The van der Waals surface area contributed by atoms with E-state index in [1.165, 1.54) is 0 Å². The minimum atomic E-state index is 0.0762. The largest absolute Gasteiger partial charge is 0.506 e. The normalized spacial score (nSPS) is 10.6. The van der Waals surface area contributed by atoms with Gasteiger partial charge in [0.05, 0.1) is 5.52 Å². The van der Waals surface area contributed by atoms with Crippen molar-refractivity contribution in [2.24, 2.45) is 0 Å². The van der Waals surface area contributed by atoms with Gasteiger partial charge in [-0.3, -0.25) is 4.98 Å². The molecule has 1 heterocycles. The second-order valence-corrected chi connectivity index (χ2v) is 3.30. The summed E-state index contributed by atoms with van der Waals surface area (Å²) in [6.45, 7) is 1.89. The highest BCUT2D eigenvalue weighted by Gasteiger charge is 2.04. The lowest BCUT2D eigenvalue weighted by molar-refractivity contribution is 0.476. The standard InChI is InChI=1S/C10H8ClNO/c1-6-2-3-7-4-5-8(13)9(11)10(7)12-6/h2-5,13H,1H3. The number of hydrogen-bond acceptors (Lipinski definition) is 2. The molecule has 3 heteroatoms. The highest BCUT2D eigenvalue weighted by molar-refractivity contribution is 6.36. The minimum Gasteiger partial charge on any atom is -0.506 e. The number of phenols is 1. The van der Waals surface area contributed by atoms with Crippen LogP contribution in [0.25, 0.3) is 10.9 Å². The molecule has 1 aromatic carbocycles. The molecule has 0 unspecified atom stereocenters. The zero-order valence-corrected chi connectivity index (χ0v) is 7.84. The van der Waals surface area contributed by atoms with E-state index in [2.05, 4.69) is 4.98 Å². The maximum Gasteiger partial charge on any atom is 0.136 e. The molecule has 1 aromatic heterocycles. The fourth-order valence-electron chi connectivity index (χ4n) is 1.24. The third-order valence-corrected chi connectivity index (χ3v) is 2.29. The van der Waals surface area contributed by atoms with Crippen LogP contribution in [0.15, 0.2) is 24.3 Å². The molecule has 0 atom stereocenters. The van der Waals surface area contributed by atoms with Crippen molar-refractivity contribution in [1.29, 1.82) is 0 Å². The van der Waals surface area contributed by atoms with Crippen molar-refractivity contribution in [3.63, 3.8) is 0 Å². The first kappa shape index (κ1) is 8.32. The Morgan fingerprint density at radius 1 is 1.23 bits per heavy atom. The number of aromatic nitrogens is 1. The maximum absolute atomic E-state index is 9.34. The van der Waals surface area contributed by atoms with Crippen LogP contribution in [0.1, 0.15) is 5.69 Å². The molecule has 2 rings (SSSR count). The van der Waals surface area contributed by atoms with Gasteiger partial charge in [0.1, 0.15) is 10.8 Å². The minimum absolute atomic E-state index is 0.0762. The fraction of sp³-hybridized carbons (Fsp3) is 0.100. The molecule has 2 nitrogen and oxygen atoms in total. The summed E-state index contributed by atoms with van der Waals surface area (Å²) in [4.78, 5) is 4.24. The summed E-state index contributed by atoms with van der Waals surface area (Å²) in [5, 5.41) is 10.6. The lowest BCUT2D eigenvalue weighted by Gasteiger charge is -2.02. The number of pyridine rings is 1. The van der Waals surface area contributed by atoms with Crippen LogP contribution in [0.4, 0.5) is 0 Å². The number of rotatable bonds is 0. The van der Waals surface area contributed by atoms with Gasteiger partial charge in [0.2, 0.25) is 0 Å². The van der Waals surface area contributed by atoms with Crippen LogP contribution in [-0.4, -0.2) is 10.1 Å². The van der Waals surface area contributed by atoms with E-state index in [0.29, 0.717) is 10.5 Å². The van der Waals surface area contributed by atoms with Crippen molar-refractivity contribution in [1.82, 2.24) is 4.98 Å². The summed E-state index contributed by atoms with van der Waals surface area (Å²) in [5.74, 6) is 0.0762. The van der Waals surface area contributed by atoms with Crippen molar-refractivity contribution in [2.75, 3.05) is 0 Å². The maximum atomic E-state index is 9.34. The molecule has 0 spiro atoms. The second kappa shape index (κ2) is 2.89. The lowest BCUT2D eigenvalue weighted by Crippen LogP contribution is -1.83. The average molecular weight is 194 g/mol. The summed E-state index contributed by atoms with van der Waals surface area (Å²) in [7, 11) is 0. The van der Waals surface area contributed by atoms with Gasteiger partial charge in [0.25, 0.3) is 0 Å². The van der Waals surface area contributed by atoms with E-state index >= 15 is 0 Å². The van der Waals surface area contributed by atoms with Crippen LogP contribution in [0.2, 0.25) is 5.02 Å². The summed E-state index contributed by atoms with van der Waals surface area (Å²) in [6, 6.07) is 7.21. The predicted molar refractivity (Wildman–Crippen MR) is 53.2 cm³/mol. The van der Waals surface area contributed by atoms with Crippen molar-refractivity contribution in [3.8, 4) is 5.75 Å². The Balaban J connectivity index is 2.89. The molecule has 66 valence electrons. The van der Waals surface area contributed by atoms with E-state index in [9.17, 15) is 5.11 Å². The molecule has 0 saturated carbocycles. The molecule has 0 aliphatic rings. The molecule has 2 aromatic rings. The van der Waals surface area contributed by atoms with Crippen molar-refractivity contribution < 1.29 is 5.11 Å². The molecule has 0 aliphatic carbocycles. The number of hydrogen-bond donors (Lipinski definition) is 1. The number of halogens is 1. The first-order valence-electron chi connectivity index (χ1n) is 3.93. The van der Waals surface area contributed by atoms with Gasteiger partial charge in [-0.05, 0) is 25.1 Å². The Labute approximate surface area is 80.8 Å². The molecule has 0 bridgehead atoms. The number of aryl methyl sites for hydroxylation is 1. The summed E-state index contributed by atoms with van der Waals surface area (Å²) in [5.41, 5.74) is 1.54. The van der Waals surface area contributed by atoms with Gasteiger partial charge in [-0.15, -0.1) is 0 Å². The van der Waals surface area contributed by atoms with Crippen LogP contribution in [0.5, 0.6) is 5.75 Å². The molecular formula is C10H8ClNO. The van der Waals surface area contributed by atoms with Gasteiger partial charge in [0.15, 0.2) is 0 Å². The van der Waals surface area contributed by atoms with Crippen LogP contribution in [-0.2, 0) is 0 Å². The number of nitrogens with zero attached hydrogens (tertiary/aromatic N) is 1. The topological polar surface area (TPSA) is 33.1 Å². The zero-order chi connectivity index (χ0) is 9.42. The molecule has 0 saturated heterocycles. The van der Waals surface area contributed by atoms with Gasteiger partial charge in [-0.25, -0.2) is 0 Å². The monoisotopic (exact) mass is 193 g/mol. The van der Waals surface area contributed by atoms with Crippen LogP contribution >= 0.6 is 11.6 Å². The number of benzene rings is 1. The lowest BCUT2D eigenvalue weighted by atomic mass is 10.2. The summed E-state index contributed by atoms with van der Waals surface area (Å²) in [6.07, 6.45) is 0. The molecule has 1 N–H and O–H groups in total. The molecule has 0 amide bonds. The van der Waals surface area contributed by atoms with E-state index in [4.69, 9.17) is 11.6 Å². The van der Waals surface area contributed by atoms with Crippen molar-refractivity contribution in [3.05, 3.63) is 35.0 Å². The molecular weight excluding hydrogens is 186 g/mol. The van der Waals surface area contributed by atoms with Gasteiger partial charge in [0, 0.05) is 11.1 Å². The van der Waals surface area contributed by atoms with Crippen LogP contribution in [0, 0.1) is 6.92 Å². The van der Waals surface area contributed by atoms with E-state index < -0.39 is 0 Å². The Hall–Kier alpha value is -1.28. The average Bonchev–Trinajstić information content (AvgIpc) is 2.12. The van der Waals surface area contributed by atoms with Crippen molar-refractivity contribution >= 4 is 22.5 Å². The Morgan fingerprint density at radius 2 is 1.92 bits per heavy atom. The Morgan fingerprint density at radius 3 is 2.69 bits per heavy atom. The molecule has 0 fully saturated rings. The van der Waals surface area contributed by atoms with Crippen molar-refractivity contribution in [2.45, 2.75) is 6.92 Å². The van der Waals surface area contributed by atoms with Crippen LogP contribution in [0.3, 0.4) is 0 Å². The quantitative estimate of drug-likeness (QED) is 0.698. The van der Waals surface area contributed by atoms with Crippen LogP contribution < -0.4 is 0 Å². The zero-order valence-electron chi connectivity index (χ0n) is 7.08. The second-order valence-electron chi connectivity index (χ2n) is 2.92. The fourth-order valence-corrected chi connectivity index (χ4v) is 1.46. The third-order valence-electron chi connectivity index (χ3n) is 1.92. The number of aromatic hydroxyl groups is 1. The SMILES string of the molecule is Cc1ccc2ccc(O)c(Cl)c2n1. The Bertz CT molecular complexity index is 462. The molecule has 0 aliphatic heterocycles. The molecule has 13 heavy (non-hydrogen) atoms. The number of fused-ring (bicyclic) bond motifs is 1. The van der Waals surface area contributed by atoms with Gasteiger partial charge in [-0.1, -0.05) is 17.7 Å². The van der Waals surface area contributed by atoms with Gasteiger partial charge >= 0.3 is 0 Å². The smallest absolute Gasteiger partial charge is 0.136 e. The highest BCUT2D eigenvalue weighted by atomic mass is 35.5. The molecule has 0 radical (unpaired) electrons. The van der Waals surface area contributed by atoms with E-state index in [1.807, 2.05) is 19.1 Å². The van der Waals surface area contributed by atoms with E-state index in [-0.39, 0.29) is 5.75 Å². The van der Waals surface area contributed by atoms with E-state index in [0.717, 1.165) is 11.1 Å². The third kappa shape index (κ3) is 1.33. The van der Waals surface area contributed by atoms with Gasteiger partial charge in [-0.2, -0.15) is 0 Å². The Kier molecular flexibility index (Phi) is 1.85. The first-order valence-corrected chi connectivity index (χ1v) is 4.31. The highest BCUT2D eigenvalue weighted by Crippen LogP contribution is 2.30. The van der Waals surface area contributed by atoms with Gasteiger partial charge < -0.3 is 5.11 Å². The summed E-state index contributed by atoms with van der Waals surface area (Å²) >= 11 is 5.89.